The highest BCUT2D eigenvalue weighted by atomic mass is 32.2. The molecule has 0 aromatic rings. The van der Waals surface area contributed by atoms with Gasteiger partial charge in [-0.25, -0.2) is 0 Å². The summed E-state index contributed by atoms with van der Waals surface area (Å²) < 4.78 is 0. The van der Waals surface area contributed by atoms with Gasteiger partial charge in [-0.05, 0) is 63.2 Å². The summed E-state index contributed by atoms with van der Waals surface area (Å²) in [6.45, 7) is 3.77. The molecule has 2 saturated heterocycles. The summed E-state index contributed by atoms with van der Waals surface area (Å²) in [4.78, 5) is 2.63. The predicted octanol–water partition coefficient (Wildman–Crippen LogP) is 1.81. The van der Waals surface area contributed by atoms with Crippen molar-refractivity contribution in [2.45, 2.75) is 31.7 Å². The second-order valence-corrected chi connectivity index (χ2v) is 6.15. The summed E-state index contributed by atoms with van der Waals surface area (Å²) >= 11 is 2.14. The van der Waals surface area contributed by atoms with Gasteiger partial charge in [0, 0.05) is 12.6 Å². The highest BCUT2D eigenvalue weighted by molar-refractivity contribution is 7.99. The standard InChI is InChI=1S/C12H24N2S/c1-14(9-11-5-8-15-10-11)12-3-2-6-13-7-4-12/h11-13H,2-10H2,1H3. The van der Waals surface area contributed by atoms with Crippen LogP contribution in [0, 0.1) is 5.92 Å². The van der Waals surface area contributed by atoms with E-state index in [-0.39, 0.29) is 0 Å². The molecular weight excluding hydrogens is 204 g/mol. The molecular formula is C12H24N2S. The topological polar surface area (TPSA) is 15.3 Å². The molecule has 0 aliphatic carbocycles. The van der Waals surface area contributed by atoms with Crippen molar-refractivity contribution in [3.8, 4) is 0 Å². The van der Waals surface area contributed by atoms with Gasteiger partial charge in [-0.2, -0.15) is 11.8 Å². The van der Waals surface area contributed by atoms with Gasteiger partial charge in [0.2, 0.25) is 0 Å². The first-order valence-corrected chi connectivity index (χ1v) is 7.50. The quantitative estimate of drug-likeness (QED) is 0.793. The Morgan fingerprint density at radius 2 is 2.20 bits per heavy atom. The average molecular weight is 228 g/mol. The van der Waals surface area contributed by atoms with Crippen LogP contribution in [-0.2, 0) is 0 Å². The van der Waals surface area contributed by atoms with Gasteiger partial charge in [0.1, 0.15) is 0 Å². The molecule has 3 heteroatoms. The maximum Gasteiger partial charge on any atom is 0.0105 e. The van der Waals surface area contributed by atoms with Crippen LogP contribution in [0.3, 0.4) is 0 Å². The summed E-state index contributed by atoms with van der Waals surface area (Å²) in [7, 11) is 2.33. The molecule has 0 aromatic heterocycles. The predicted molar refractivity (Wildman–Crippen MR) is 68.6 cm³/mol. The zero-order valence-electron chi connectivity index (χ0n) is 9.87. The molecule has 0 amide bonds. The lowest BCUT2D eigenvalue weighted by Gasteiger charge is -2.29. The number of thioether (sulfide) groups is 1. The van der Waals surface area contributed by atoms with Crippen molar-refractivity contribution in [2.24, 2.45) is 5.92 Å². The molecule has 2 aliphatic rings. The third-order valence-corrected chi connectivity index (χ3v) is 4.97. The Labute approximate surface area is 98.2 Å². The van der Waals surface area contributed by atoms with Crippen molar-refractivity contribution in [1.82, 2.24) is 10.2 Å². The van der Waals surface area contributed by atoms with Crippen molar-refractivity contribution < 1.29 is 0 Å². The molecule has 2 fully saturated rings. The second kappa shape index (κ2) is 6.12. The van der Waals surface area contributed by atoms with E-state index in [1.54, 1.807) is 0 Å². The summed E-state index contributed by atoms with van der Waals surface area (Å²) in [6.07, 6.45) is 5.54. The fourth-order valence-electron chi connectivity index (χ4n) is 2.73. The van der Waals surface area contributed by atoms with Crippen LogP contribution in [0.2, 0.25) is 0 Å². The smallest absolute Gasteiger partial charge is 0.0105 e. The van der Waals surface area contributed by atoms with E-state index in [9.17, 15) is 0 Å². The summed E-state index contributed by atoms with van der Waals surface area (Å²) in [5.41, 5.74) is 0. The van der Waals surface area contributed by atoms with Gasteiger partial charge in [-0.3, -0.25) is 0 Å². The molecule has 2 rings (SSSR count). The first-order chi connectivity index (χ1) is 7.36. The molecule has 2 atom stereocenters. The highest BCUT2D eigenvalue weighted by Gasteiger charge is 2.22. The average Bonchev–Trinajstić information content (AvgIpc) is 2.58. The van der Waals surface area contributed by atoms with Crippen LogP contribution in [-0.4, -0.2) is 49.1 Å². The number of nitrogens with one attached hydrogen (secondary N) is 1. The maximum absolute atomic E-state index is 3.49. The molecule has 2 heterocycles. The van der Waals surface area contributed by atoms with Gasteiger partial charge in [0.15, 0.2) is 0 Å². The number of hydrogen-bond donors (Lipinski definition) is 1. The monoisotopic (exact) mass is 228 g/mol. The van der Waals surface area contributed by atoms with E-state index in [4.69, 9.17) is 0 Å². The first kappa shape index (κ1) is 11.7. The van der Waals surface area contributed by atoms with Crippen molar-refractivity contribution in [1.29, 1.82) is 0 Å². The minimum absolute atomic E-state index is 0.839. The molecule has 0 aromatic carbocycles. The largest absolute Gasteiger partial charge is 0.317 e. The normalized spacial score (nSPS) is 33.2. The maximum atomic E-state index is 3.49. The van der Waals surface area contributed by atoms with E-state index < -0.39 is 0 Å². The van der Waals surface area contributed by atoms with Crippen molar-refractivity contribution in [2.75, 3.05) is 38.2 Å². The molecule has 0 spiro atoms. The Hall–Kier alpha value is 0.270. The van der Waals surface area contributed by atoms with Crippen LogP contribution in [0.15, 0.2) is 0 Å². The van der Waals surface area contributed by atoms with E-state index in [0.29, 0.717) is 0 Å². The van der Waals surface area contributed by atoms with Gasteiger partial charge in [-0.1, -0.05) is 0 Å². The van der Waals surface area contributed by atoms with E-state index in [0.717, 1.165) is 12.0 Å². The summed E-state index contributed by atoms with van der Waals surface area (Å²) in [5.74, 6) is 3.76. The van der Waals surface area contributed by atoms with Crippen LogP contribution >= 0.6 is 11.8 Å². The lowest BCUT2D eigenvalue weighted by molar-refractivity contribution is 0.199. The minimum Gasteiger partial charge on any atom is -0.317 e. The fraction of sp³-hybridized carbons (Fsp3) is 1.00. The fourth-order valence-corrected chi connectivity index (χ4v) is 4.00. The van der Waals surface area contributed by atoms with Gasteiger partial charge >= 0.3 is 0 Å². The Morgan fingerprint density at radius 1 is 1.27 bits per heavy atom. The van der Waals surface area contributed by atoms with Gasteiger partial charge in [-0.15, -0.1) is 0 Å². The lowest BCUT2D eigenvalue weighted by atomic mass is 10.0. The third-order valence-electron chi connectivity index (χ3n) is 3.74. The van der Waals surface area contributed by atoms with Crippen LogP contribution < -0.4 is 5.32 Å². The Bertz CT molecular complexity index is 172. The molecule has 1 N–H and O–H groups in total. The van der Waals surface area contributed by atoms with E-state index in [1.807, 2.05) is 0 Å². The Morgan fingerprint density at radius 3 is 3.00 bits per heavy atom. The van der Waals surface area contributed by atoms with E-state index in [2.05, 4.69) is 29.0 Å². The van der Waals surface area contributed by atoms with Crippen LogP contribution in [0.5, 0.6) is 0 Å². The number of rotatable bonds is 3. The van der Waals surface area contributed by atoms with Crippen LogP contribution in [0.4, 0.5) is 0 Å². The van der Waals surface area contributed by atoms with Crippen LogP contribution in [0.25, 0.3) is 0 Å². The van der Waals surface area contributed by atoms with Gasteiger partial charge in [0.25, 0.3) is 0 Å². The molecule has 15 heavy (non-hydrogen) atoms. The van der Waals surface area contributed by atoms with Crippen LogP contribution in [0.1, 0.15) is 25.7 Å². The minimum atomic E-state index is 0.839. The highest BCUT2D eigenvalue weighted by Crippen LogP contribution is 2.25. The Kier molecular flexibility index (Phi) is 4.79. The SMILES string of the molecule is CN(CC1CCSC1)C1CCCNCC1. The molecule has 2 aliphatic heterocycles. The molecule has 0 bridgehead atoms. The lowest BCUT2D eigenvalue weighted by Crippen LogP contribution is -2.36. The van der Waals surface area contributed by atoms with E-state index >= 15 is 0 Å². The van der Waals surface area contributed by atoms with Crippen molar-refractivity contribution in [3.63, 3.8) is 0 Å². The molecule has 2 nitrogen and oxygen atoms in total. The zero-order chi connectivity index (χ0) is 10.5. The second-order valence-electron chi connectivity index (χ2n) is 5.00. The third kappa shape index (κ3) is 3.65. The summed E-state index contributed by atoms with van der Waals surface area (Å²) in [6, 6.07) is 0.839. The molecule has 88 valence electrons. The van der Waals surface area contributed by atoms with Crippen molar-refractivity contribution in [3.05, 3.63) is 0 Å². The zero-order valence-corrected chi connectivity index (χ0v) is 10.7. The van der Waals surface area contributed by atoms with Gasteiger partial charge in [0.05, 0.1) is 0 Å². The number of nitrogens with zero attached hydrogens (tertiary/aromatic N) is 1. The Balaban J connectivity index is 1.74. The first-order valence-electron chi connectivity index (χ1n) is 6.35. The molecule has 0 saturated carbocycles. The van der Waals surface area contributed by atoms with Gasteiger partial charge < -0.3 is 10.2 Å². The summed E-state index contributed by atoms with van der Waals surface area (Å²) in [5, 5.41) is 3.49. The van der Waals surface area contributed by atoms with Crippen molar-refractivity contribution >= 4 is 11.8 Å². The number of hydrogen-bond acceptors (Lipinski definition) is 3. The molecule has 2 unspecified atom stereocenters. The van der Waals surface area contributed by atoms with E-state index in [1.165, 1.54) is 56.8 Å². The molecule has 0 radical (unpaired) electrons.